The van der Waals surface area contributed by atoms with Crippen LogP contribution in [-0.2, 0) is 6.54 Å². The van der Waals surface area contributed by atoms with Crippen molar-refractivity contribution in [3.8, 4) is 0 Å². The van der Waals surface area contributed by atoms with Crippen molar-refractivity contribution in [1.29, 1.82) is 0 Å². The standard InChI is InChI=1S/C12H18N2/c1-11-6-5-7-12(13-11)10-14-8-3-2-4-9-14/h5-7H,2-4,8-10H2,1H3. The number of aryl methyl sites for hydroxylation is 1. The number of pyridine rings is 1. The molecule has 0 amide bonds. The maximum Gasteiger partial charge on any atom is 0.0547 e. The van der Waals surface area contributed by atoms with E-state index in [1.54, 1.807) is 0 Å². The molecule has 1 aromatic heterocycles. The van der Waals surface area contributed by atoms with Gasteiger partial charge in [0.05, 0.1) is 5.69 Å². The van der Waals surface area contributed by atoms with Gasteiger partial charge in [-0.25, -0.2) is 0 Å². The third-order valence-electron chi connectivity index (χ3n) is 2.78. The van der Waals surface area contributed by atoms with Crippen molar-refractivity contribution in [3.63, 3.8) is 0 Å². The lowest BCUT2D eigenvalue weighted by Gasteiger charge is -2.25. The molecule has 76 valence electrons. The van der Waals surface area contributed by atoms with E-state index in [4.69, 9.17) is 0 Å². The fourth-order valence-corrected chi connectivity index (χ4v) is 2.03. The highest BCUT2D eigenvalue weighted by molar-refractivity contribution is 5.09. The van der Waals surface area contributed by atoms with E-state index in [1.807, 2.05) is 0 Å². The van der Waals surface area contributed by atoms with Crippen LogP contribution in [-0.4, -0.2) is 23.0 Å². The summed E-state index contributed by atoms with van der Waals surface area (Å²) in [4.78, 5) is 7.03. The summed E-state index contributed by atoms with van der Waals surface area (Å²) in [6.07, 6.45) is 4.11. The molecule has 2 nitrogen and oxygen atoms in total. The van der Waals surface area contributed by atoms with E-state index >= 15 is 0 Å². The minimum absolute atomic E-state index is 1.03. The van der Waals surface area contributed by atoms with Gasteiger partial charge >= 0.3 is 0 Å². The van der Waals surface area contributed by atoms with Crippen LogP contribution in [0.4, 0.5) is 0 Å². The van der Waals surface area contributed by atoms with Crippen molar-refractivity contribution < 1.29 is 0 Å². The summed E-state index contributed by atoms with van der Waals surface area (Å²) in [6, 6.07) is 6.28. The Balaban J connectivity index is 1.95. The first-order valence-electron chi connectivity index (χ1n) is 5.49. The zero-order valence-electron chi connectivity index (χ0n) is 8.87. The number of piperidine rings is 1. The van der Waals surface area contributed by atoms with E-state index in [0.717, 1.165) is 12.2 Å². The summed E-state index contributed by atoms with van der Waals surface area (Å²) in [7, 11) is 0. The highest BCUT2D eigenvalue weighted by atomic mass is 15.1. The fraction of sp³-hybridized carbons (Fsp3) is 0.583. The number of hydrogen-bond donors (Lipinski definition) is 0. The Labute approximate surface area is 86.0 Å². The molecule has 0 bridgehead atoms. The molecular weight excluding hydrogens is 172 g/mol. The van der Waals surface area contributed by atoms with Crippen molar-refractivity contribution in [2.45, 2.75) is 32.7 Å². The van der Waals surface area contributed by atoms with Gasteiger partial charge in [-0.3, -0.25) is 9.88 Å². The summed E-state index contributed by atoms with van der Waals surface area (Å²) in [5, 5.41) is 0. The van der Waals surface area contributed by atoms with Crippen LogP contribution in [0.3, 0.4) is 0 Å². The first-order chi connectivity index (χ1) is 6.84. The third-order valence-corrected chi connectivity index (χ3v) is 2.78. The average Bonchev–Trinajstić information content (AvgIpc) is 2.19. The minimum Gasteiger partial charge on any atom is -0.298 e. The molecule has 0 N–H and O–H groups in total. The molecule has 1 aliphatic heterocycles. The van der Waals surface area contributed by atoms with Gasteiger partial charge in [-0.2, -0.15) is 0 Å². The molecule has 1 saturated heterocycles. The predicted octanol–water partition coefficient (Wildman–Crippen LogP) is 2.38. The molecule has 0 aliphatic carbocycles. The molecule has 2 heterocycles. The molecule has 0 radical (unpaired) electrons. The van der Waals surface area contributed by atoms with Crippen molar-refractivity contribution in [1.82, 2.24) is 9.88 Å². The average molecular weight is 190 g/mol. The maximum absolute atomic E-state index is 4.53. The van der Waals surface area contributed by atoms with Crippen LogP contribution in [0, 0.1) is 6.92 Å². The van der Waals surface area contributed by atoms with Crippen LogP contribution in [0.1, 0.15) is 30.7 Å². The van der Waals surface area contributed by atoms with Crippen LogP contribution in [0.5, 0.6) is 0 Å². The van der Waals surface area contributed by atoms with Crippen LogP contribution >= 0.6 is 0 Å². The van der Waals surface area contributed by atoms with Crippen LogP contribution in [0.25, 0.3) is 0 Å². The summed E-state index contributed by atoms with van der Waals surface area (Å²) < 4.78 is 0. The third kappa shape index (κ3) is 2.55. The smallest absolute Gasteiger partial charge is 0.0547 e. The van der Waals surface area contributed by atoms with Gasteiger partial charge in [0, 0.05) is 12.2 Å². The summed E-state index contributed by atoms with van der Waals surface area (Å²) in [5.74, 6) is 0. The Morgan fingerprint density at radius 2 is 2.00 bits per heavy atom. The number of likely N-dealkylation sites (tertiary alicyclic amines) is 1. The predicted molar refractivity (Wildman–Crippen MR) is 58.1 cm³/mol. The van der Waals surface area contributed by atoms with Crippen molar-refractivity contribution in [2.24, 2.45) is 0 Å². The van der Waals surface area contributed by atoms with Gasteiger partial charge in [0.2, 0.25) is 0 Å². The maximum atomic E-state index is 4.53. The first-order valence-corrected chi connectivity index (χ1v) is 5.49. The van der Waals surface area contributed by atoms with Crippen LogP contribution in [0.15, 0.2) is 18.2 Å². The fourth-order valence-electron chi connectivity index (χ4n) is 2.03. The lowest BCUT2D eigenvalue weighted by atomic mass is 10.1. The van der Waals surface area contributed by atoms with Gasteiger partial charge in [-0.05, 0) is 45.0 Å². The highest BCUT2D eigenvalue weighted by Crippen LogP contribution is 2.11. The van der Waals surface area contributed by atoms with E-state index in [9.17, 15) is 0 Å². The Morgan fingerprint density at radius 3 is 2.71 bits per heavy atom. The second-order valence-corrected chi connectivity index (χ2v) is 4.11. The lowest BCUT2D eigenvalue weighted by molar-refractivity contribution is 0.218. The Bertz CT molecular complexity index is 290. The van der Waals surface area contributed by atoms with Gasteiger partial charge in [-0.1, -0.05) is 12.5 Å². The Kier molecular flexibility index (Phi) is 3.14. The largest absolute Gasteiger partial charge is 0.298 e. The number of aromatic nitrogens is 1. The van der Waals surface area contributed by atoms with Gasteiger partial charge in [-0.15, -0.1) is 0 Å². The molecule has 2 rings (SSSR count). The topological polar surface area (TPSA) is 16.1 Å². The lowest BCUT2D eigenvalue weighted by Crippen LogP contribution is -2.29. The zero-order valence-corrected chi connectivity index (χ0v) is 8.87. The molecule has 0 unspecified atom stereocenters. The van der Waals surface area contributed by atoms with Crippen molar-refractivity contribution in [3.05, 3.63) is 29.6 Å². The number of rotatable bonds is 2. The molecule has 2 heteroatoms. The van der Waals surface area contributed by atoms with E-state index < -0.39 is 0 Å². The minimum atomic E-state index is 1.03. The second kappa shape index (κ2) is 4.56. The second-order valence-electron chi connectivity index (χ2n) is 4.11. The monoisotopic (exact) mass is 190 g/mol. The number of hydrogen-bond acceptors (Lipinski definition) is 2. The van der Waals surface area contributed by atoms with E-state index in [2.05, 4.69) is 35.0 Å². The van der Waals surface area contributed by atoms with Crippen LogP contribution < -0.4 is 0 Å². The van der Waals surface area contributed by atoms with Gasteiger partial charge in [0.1, 0.15) is 0 Å². The van der Waals surface area contributed by atoms with Crippen molar-refractivity contribution >= 4 is 0 Å². The summed E-state index contributed by atoms with van der Waals surface area (Å²) in [5.41, 5.74) is 2.34. The molecule has 0 aromatic carbocycles. The van der Waals surface area contributed by atoms with Crippen LogP contribution in [0.2, 0.25) is 0 Å². The van der Waals surface area contributed by atoms with E-state index in [1.165, 1.54) is 38.0 Å². The molecule has 1 fully saturated rings. The van der Waals surface area contributed by atoms with E-state index in [0.29, 0.717) is 0 Å². The SMILES string of the molecule is Cc1cccc(CN2CCCCC2)n1. The van der Waals surface area contributed by atoms with Crippen molar-refractivity contribution in [2.75, 3.05) is 13.1 Å². The normalized spacial score (nSPS) is 18.4. The van der Waals surface area contributed by atoms with E-state index in [-0.39, 0.29) is 0 Å². The molecule has 14 heavy (non-hydrogen) atoms. The quantitative estimate of drug-likeness (QED) is 0.711. The molecule has 0 saturated carbocycles. The van der Waals surface area contributed by atoms with Gasteiger partial charge < -0.3 is 0 Å². The zero-order chi connectivity index (χ0) is 9.80. The Morgan fingerprint density at radius 1 is 1.21 bits per heavy atom. The molecule has 1 aromatic rings. The van der Waals surface area contributed by atoms with Gasteiger partial charge in [0.15, 0.2) is 0 Å². The summed E-state index contributed by atoms with van der Waals surface area (Å²) >= 11 is 0. The number of nitrogens with zero attached hydrogens (tertiary/aromatic N) is 2. The molecule has 1 aliphatic rings. The van der Waals surface area contributed by atoms with Gasteiger partial charge in [0.25, 0.3) is 0 Å². The Hall–Kier alpha value is -0.890. The highest BCUT2D eigenvalue weighted by Gasteiger charge is 2.10. The molecule has 0 atom stereocenters. The molecule has 0 spiro atoms. The first kappa shape index (κ1) is 9.66. The molecular formula is C12H18N2. The summed E-state index contributed by atoms with van der Waals surface area (Å²) in [6.45, 7) is 5.58.